The summed E-state index contributed by atoms with van der Waals surface area (Å²) in [6.07, 6.45) is 1.97. The molecule has 0 spiro atoms. The third-order valence-electron chi connectivity index (χ3n) is 2.61. The van der Waals surface area contributed by atoms with Crippen molar-refractivity contribution in [2.75, 3.05) is 6.61 Å². The van der Waals surface area contributed by atoms with Crippen LogP contribution >= 0.6 is 0 Å². The van der Waals surface area contributed by atoms with Crippen LogP contribution in [0.15, 0.2) is 4.52 Å². The molecule has 0 aromatic carbocycles. The first-order chi connectivity index (χ1) is 7.69. The van der Waals surface area contributed by atoms with Gasteiger partial charge in [-0.25, -0.2) is 0 Å². The molecular weight excluding hydrogens is 206 g/mol. The molecule has 0 fully saturated rings. The van der Waals surface area contributed by atoms with E-state index in [0.29, 0.717) is 30.8 Å². The predicted molar refractivity (Wildman–Crippen MR) is 60.6 cm³/mol. The van der Waals surface area contributed by atoms with Gasteiger partial charge in [-0.3, -0.25) is 0 Å². The number of aromatic nitrogens is 2. The van der Waals surface area contributed by atoms with Gasteiger partial charge in [-0.2, -0.15) is 4.98 Å². The average molecular weight is 227 g/mol. The zero-order chi connectivity index (χ0) is 12.0. The summed E-state index contributed by atoms with van der Waals surface area (Å²) in [6, 6.07) is -0.183. The maximum Gasteiger partial charge on any atom is 0.243 e. The number of nitrogens with two attached hydrogens (primary N) is 1. The smallest absolute Gasteiger partial charge is 0.243 e. The molecule has 1 unspecified atom stereocenters. The molecule has 1 aromatic rings. The van der Waals surface area contributed by atoms with E-state index in [0.717, 1.165) is 12.8 Å². The molecule has 0 bridgehead atoms. The Kier molecular flexibility index (Phi) is 5.42. The Hall–Kier alpha value is -0.940. The summed E-state index contributed by atoms with van der Waals surface area (Å²) in [5.41, 5.74) is 5.98. The number of hydrogen-bond donors (Lipinski definition) is 1. The van der Waals surface area contributed by atoms with Crippen LogP contribution in [0.4, 0.5) is 0 Å². The highest BCUT2D eigenvalue weighted by Gasteiger charge is 2.19. The second-order valence-electron chi connectivity index (χ2n) is 4.01. The summed E-state index contributed by atoms with van der Waals surface area (Å²) >= 11 is 0. The normalized spacial score (nSPS) is 15.0. The van der Waals surface area contributed by atoms with Gasteiger partial charge in [0.15, 0.2) is 5.82 Å². The first-order valence-electron chi connectivity index (χ1n) is 5.84. The molecule has 1 rings (SSSR count). The first kappa shape index (κ1) is 13.1. The van der Waals surface area contributed by atoms with Crippen LogP contribution in [-0.2, 0) is 11.3 Å². The molecule has 0 saturated carbocycles. The molecular formula is C11H21N3O2. The summed E-state index contributed by atoms with van der Waals surface area (Å²) in [7, 11) is 0. The topological polar surface area (TPSA) is 74.2 Å². The zero-order valence-electron chi connectivity index (χ0n) is 10.3. The lowest BCUT2D eigenvalue weighted by Gasteiger charge is -2.12. The monoisotopic (exact) mass is 227 g/mol. The highest BCUT2D eigenvalue weighted by Crippen LogP contribution is 2.19. The SMILES string of the molecule is CCCOCc1noc([C@@H](N)C(C)CC)n1. The van der Waals surface area contributed by atoms with Crippen molar-refractivity contribution in [1.29, 1.82) is 0 Å². The van der Waals surface area contributed by atoms with Gasteiger partial charge in [-0.1, -0.05) is 32.3 Å². The molecule has 0 aliphatic heterocycles. The molecule has 1 aromatic heterocycles. The maximum absolute atomic E-state index is 5.98. The summed E-state index contributed by atoms with van der Waals surface area (Å²) < 4.78 is 10.4. The van der Waals surface area contributed by atoms with Crippen LogP contribution in [0.25, 0.3) is 0 Å². The van der Waals surface area contributed by atoms with E-state index < -0.39 is 0 Å². The van der Waals surface area contributed by atoms with Crippen LogP contribution in [0, 0.1) is 5.92 Å². The molecule has 0 saturated heterocycles. The first-order valence-corrected chi connectivity index (χ1v) is 5.84. The largest absolute Gasteiger partial charge is 0.373 e. The highest BCUT2D eigenvalue weighted by molar-refractivity contribution is 4.92. The van der Waals surface area contributed by atoms with Crippen molar-refractivity contribution in [2.24, 2.45) is 11.7 Å². The standard InChI is InChI=1S/C11H21N3O2/c1-4-6-15-7-9-13-11(16-14-9)10(12)8(3)5-2/h8,10H,4-7,12H2,1-3H3/t8?,10-/m0/s1. The molecule has 0 amide bonds. The van der Waals surface area contributed by atoms with Gasteiger partial charge >= 0.3 is 0 Å². The van der Waals surface area contributed by atoms with Crippen molar-refractivity contribution in [2.45, 2.75) is 46.3 Å². The van der Waals surface area contributed by atoms with Crippen molar-refractivity contribution in [3.8, 4) is 0 Å². The zero-order valence-corrected chi connectivity index (χ0v) is 10.3. The minimum Gasteiger partial charge on any atom is -0.373 e. The second-order valence-corrected chi connectivity index (χ2v) is 4.01. The van der Waals surface area contributed by atoms with Gasteiger partial charge in [0.1, 0.15) is 6.61 Å². The fraction of sp³-hybridized carbons (Fsp3) is 0.818. The summed E-state index contributed by atoms with van der Waals surface area (Å²) in [4.78, 5) is 4.22. The Morgan fingerprint density at radius 2 is 2.19 bits per heavy atom. The molecule has 92 valence electrons. The molecule has 16 heavy (non-hydrogen) atoms. The van der Waals surface area contributed by atoms with Crippen molar-refractivity contribution >= 4 is 0 Å². The third kappa shape index (κ3) is 3.57. The highest BCUT2D eigenvalue weighted by atomic mass is 16.5. The molecule has 1 heterocycles. The van der Waals surface area contributed by atoms with Gasteiger partial charge in [0, 0.05) is 6.61 Å². The van der Waals surface area contributed by atoms with Gasteiger partial charge in [0.05, 0.1) is 6.04 Å². The summed E-state index contributed by atoms with van der Waals surface area (Å²) in [6.45, 7) is 7.32. The van der Waals surface area contributed by atoms with E-state index in [1.807, 2.05) is 0 Å². The second kappa shape index (κ2) is 6.60. The third-order valence-corrected chi connectivity index (χ3v) is 2.61. The fourth-order valence-electron chi connectivity index (χ4n) is 1.27. The maximum atomic E-state index is 5.98. The van der Waals surface area contributed by atoms with E-state index in [1.165, 1.54) is 0 Å². The fourth-order valence-corrected chi connectivity index (χ4v) is 1.27. The van der Waals surface area contributed by atoms with Crippen LogP contribution in [0.3, 0.4) is 0 Å². The van der Waals surface area contributed by atoms with E-state index in [2.05, 4.69) is 30.9 Å². The molecule has 0 radical (unpaired) electrons. The van der Waals surface area contributed by atoms with Crippen LogP contribution in [-0.4, -0.2) is 16.7 Å². The van der Waals surface area contributed by atoms with Crippen LogP contribution in [0.2, 0.25) is 0 Å². The Morgan fingerprint density at radius 1 is 1.44 bits per heavy atom. The Bertz CT molecular complexity index is 301. The quantitative estimate of drug-likeness (QED) is 0.721. The van der Waals surface area contributed by atoms with E-state index in [-0.39, 0.29) is 6.04 Å². The lowest BCUT2D eigenvalue weighted by atomic mass is 10.0. The van der Waals surface area contributed by atoms with Crippen LogP contribution in [0.5, 0.6) is 0 Å². The molecule has 5 nitrogen and oxygen atoms in total. The van der Waals surface area contributed by atoms with E-state index in [9.17, 15) is 0 Å². The Labute approximate surface area is 96.4 Å². The predicted octanol–water partition coefficient (Wildman–Crippen LogP) is 2.04. The molecule has 2 atom stereocenters. The van der Waals surface area contributed by atoms with Gasteiger partial charge < -0.3 is 15.0 Å². The molecule has 0 aliphatic carbocycles. The molecule has 2 N–H and O–H groups in total. The minimum absolute atomic E-state index is 0.183. The van der Waals surface area contributed by atoms with E-state index in [4.69, 9.17) is 15.0 Å². The van der Waals surface area contributed by atoms with Gasteiger partial charge in [-0.05, 0) is 12.3 Å². The summed E-state index contributed by atoms with van der Waals surface area (Å²) in [5, 5.41) is 3.83. The number of ether oxygens (including phenoxy) is 1. The Morgan fingerprint density at radius 3 is 2.81 bits per heavy atom. The van der Waals surface area contributed by atoms with Gasteiger partial charge in [0.2, 0.25) is 5.89 Å². The van der Waals surface area contributed by atoms with E-state index in [1.54, 1.807) is 0 Å². The molecule has 0 aliphatic rings. The van der Waals surface area contributed by atoms with E-state index >= 15 is 0 Å². The number of hydrogen-bond acceptors (Lipinski definition) is 5. The summed E-state index contributed by atoms with van der Waals surface area (Å²) in [5.74, 6) is 1.41. The number of rotatable bonds is 7. The van der Waals surface area contributed by atoms with Crippen LogP contribution < -0.4 is 5.73 Å². The minimum atomic E-state index is -0.183. The average Bonchev–Trinajstić information content (AvgIpc) is 2.76. The Balaban J connectivity index is 2.50. The lowest BCUT2D eigenvalue weighted by molar-refractivity contribution is 0.114. The van der Waals surface area contributed by atoms with Crippen molar-refractivity contribution in [3.63, 3.8) is 0 Å². The molecule has 5 heteroatoms. The lowest BCUT2D eigenvalue weighted by Crippen LogP contribution is -2.18. The van der Waals surface area contributed by atoms with Crippen molar-refractivity contribution in [3.05, 3.63) is 11.7 Å². The van der Waals surface area contributed by atoms with Gasteiger partial charge in [0.25, 0.3) is 0 Å². The number of nitrogens with zero attached hydrogens (tertiary/aromatic N) is 2. The van der Waals surface area contributed by atoms with Crippen molar-refractivity contribution in [1.82, 2.24) is 10.1 Å². The van der Waals surface area contributed by atoms with Gasteiger partial charge in [-0.15, -0.1) is 0 Å². The van der Waals surface area contributed by atoms with Crippen molar-refractivity contribution < 1.29 is 9.26 Å². The van der Waals surface area contributed by atoms with Crippen LogP contribution in [0.1, 0.15) is 51.4 Å².